The van der Waals surface area contributed by atoms with Gasteiger partial charge in [0.05, 0.1) is 12.5 Å². The highest BCUT2D eigenvalue weighted by molar-refractivity contribution is 5.85. The number of nitroso groups, excluding NO2 is 1. The third-order valence-corrected chi connectivity index (χ3v) is 6.71. The molecule has 1 N–H and O–H groups in total. The van der Waals surface area contributed by atoms with Crippen molar-refractivity contribution >= 4 is 23.4 Å². The summed E-state index contributed by atoms with van der Waals surface area (Å²) in [4.78, 5) is 26.1. The Kier molecular flexibility index (Phi) is 6.15. The minimum atomic E-state index is -0.951. The van der Waals surface area contributed by atoms with Gasteiger partial charge in [-0.15, -0.1) is 4.91 Å². The molecule has 1 amide bonds. The lowest BCUT2D eigenvalue weighted by Crippen LogP contribution is -2.61. The summed E-state index contributed by atoms with van der Waals surface area (Å²) < 4.78 is 12.3. The molecule has 0 bridgehead atoms. The minimum Gasteiger partial charge on any atom is -0.493 e. The highest BCUT2D eigenvalue weighted by Crippen LogP contribution is 2.56. The van der Waals surface area contributed by atoms with Crippen LogP contribution in [-0.2, 0) is 10.2 Å². The number of carbonyl (C=O) groups excluding carboxylic acids is 1. The maximum atomic E-state index is 13.0. The molecule has 0 aliphatic carbocycles. The fourth-order valence-corrected chi connectivity index (χ4v) is 4.87. The van der Waals surface area contributed by atoms with Gasteiger partial charge in [-0.1, -0.05) is 38.0 Å². The van der Waals surface area contributed by atoms with E-state index in [2.05, 4.69) is 37.3 Å². The molecule has 2 aromatic carbocycles. The third kappa shape index (κ3) is 3.75. The van der Waals surface area contributed by atoms with Crippen LogP contribution in [0.1, 0.15) is 51.2 Å². The number of carbonyl (C=O) groups is 1. The maximum absolute atomic E-state index is 13.0. The molecule has 0 saturated heterocycles. The molecule has 2 aliphatic heterocycles. The largest absolute Gasteiger partial charge is 0.493 e. The lowest BCUT2D eigenvalue weighted by atomic mass is 9.76. The van der Waals surface area contributed by atoms with Gasteiger partial charge in [-0.3, -0.25) is 4.79 Å². The number of fused-ring (bicyclic) bond motifs is 2. The average Bonchev–Trinajstić information content (AvgIpc) is 3.00. The summed E-state index contributed by atoms with van der Waals surface area (Å²) in [6.07, 6.45) is 7.06. The summed E-state index contributed by atoms with van der Waals surface area (Å²) in [5, 5.41) is 6.10. The molecule has 0 fully saturated rings. The Morgan fingerprint density at radius 2 is 2.00 bits per heavy atom. The number of hydrogen-bond donors (Lipinski definition) is 1. The zero-order valence-corrected chi connectivity index (χ0v) is 19.7. The number of unbranched alkanes of at least 4 members (excludes halogenated alkanes) is 2. The molecule has 1 unspecified atom stereocenters. The monoisotopic (exact) mass is 449 g/mol. The van der Waals surface area contributed by atoms with Crippen LogP contribution in [0.4, 0.5) is 11.4 Å². The van der Waals surface area contributed by atoms with Crippen LogP contribution >= 0.6 is 0 Å². The van der Waals surface area contributed by atoms with Gasteiger partial charge in [0, 0.05) is 23.9 Å². The van der Waals surface area contributed by atoms with Gasteiger partial charge < -0.3 is 19.7 Å². The first-order valence-electron chi connectivity index (χ1n) is 11.5. The number of nitrogens with zero attached hydrogens (tertiary/aromatic N) is 2. The number of para-hydroxylation sites is 1. The van der Waals surface area contributed by atoms with Crippen molar-refractivity contribution in [3.63, 3.8) is 0 Å². The van der Waals surface area contributed by atoms with Crippen LogP contribution in [0.5, 0.6) is 11.5 Å². The van der Waals surface area contributed by atoms with Gasteiger partial charge in [0.2, 0.25) is 11.6 Å². The zero-order chi connectivity index (χ0) is 23.6. The van der Waals surface area contributed by atoms with Crippen molar-refractivity contribution in [1.29, 1.82) is 0 Å². The lowest BCUT2D eigenvalue weighted by molar-refractivity contribution is -0.120. The van der Waals surface area contributed by atoms with E-state index in [9.17, 15) is 9.70 Å². The second-order valence-electron chi connectivity index (χ2n) is 9.07. The van der Waals surface area contributed by atoms with E-state index < -0.39 is 11.1 Å². The highest BCUT2D eigenvalue weighted by Gasteiger charge is 2.59. The van der Waals surface area contributed by atoms with E-state index in [0.717, 1.165) is 30.5 Å². The number of methoxy groups -OCH3 is 1. The Bertz CT molecular complexity index is 1090. The molecule has 174 valence electrons. The predicted molar refractivity (Wildman–Crippen MR) is 130 cm³/mol. The van der Waals surface area contributed by atoms with Crippen LogP contribution in [-0.4, -0.2) is 31.8 Å². The molecule has 0 radical (unpaired) electrons. The molecule has 7 heteroatoms. The second kappa shape index (κ2) is 8.89. The van der Waals surface area contributed by atoms with E-state index in [0.29, 0.717) is 23.6 Å². The number of anilines is 1. The van der Waals surface area contributed by atoms with Crippen LogP contribution in [0, 0.1) is 4.91 Å². The first-order chi connectivity index (χ1) is 15.9. The molecule has 1 spiro atoms. The first kappa shape index (κ1) is 22.8. The SMILES string of the molecule is CCCCCNC(=O)CN1c2ccccc2C(C)(C)C12C=Cc1cc(N=O)cc(OC)c1O2. The third-order valence-electron chi connectivity index (χ3n) is 6.71. The second-order valence-corrected chi connectivity index (χ2v) is 9.07. The highest BCUT2D eigenvalue weighted by atomic mass is 16.5. The molecule has 2 aromatic rings. The number of nitrogens with one attached hydrogen (secondary N) is 1. The molecule has 0 saturated carbocycles. The molecule has 2 aliphatic rings. The Hall–Kier alpha value is -3.35. The van der Waals surface area contributed by atoms with Crippen LogP contribution in [0.25, 0.3) is 6.08 Å². The molecular weight excluding hydrogens is 418 g/mol. The van der Waals surface area contributed by atoms with Crippen molar-refractivity contribution in [3.05, 3.63) is 58.5 Å². The standard InChI is InChI=1S/C26H31N3O4/c1-5-6-9-14-27-23(30)17-29-21-11-8-7-10-20(21)25(2,3)26(29)13-12-18-15-19(28-31)16-22(32-4)24(18)33-26/h7-8,10-13,15-16H,5-6,9,14,17H2,1-4H3,(H,27,30). The predicted octanol–water partition coefficient (Wildman–Crippen LogP) is 5.30. The zero-order valence-electron chi connectivity index (χ0n) is 19.7. The van der Waals surface area contributed by atoms with Gasteiger partial charge in [0.25, 0.3) is 0 Å². The Balaban J connectivity index is 1.75. The van der Waals surface area contributed by atoms with Crippen molar-refractivity contribution in [1.82, 2.24) is 5.32 Å². The molecule has 0 aromatic heterocycles. The summed E-state index contributed by atoms with van der Waals surface area (Å²) in [7, 11) is 1.54. The summed E-state index contributed by atoms with van der Waals surface area (Å²) in [5.41, 5.74) is 1.62. The lowest BCUT2D eigenvalue weighted by Gasteiger charge is -2.47. The fraction of sp³-hybridized carbons (Fsp3) is 0.423. The van der Waals surface area contributed by atoms with Crippen molar-refractivity contribution in [2.75, 3.05) is 25.1 Å². The van der Waals surface area contributed by atoms with Crippen LogP contribution in [0.3, 0.4) is 0 Å². The van der Waals surface area contributed by atoms with Gasteiger partial charge >= 0.3 is 0 Å². The molecule has 2 heterocycles. The number of hydrogen-bond acceptors (Lipinski definition) is 6. The first-order valence-corrected chi connectivity index (χ1v) is 11.5. The molecule has 33 heavy (non-hydrogen) atoms. The maximum Gasteiger partial charge on any atom is 0.239 e. The smallest absolute Gasteiger partial charge is 0.239 e. The summed E-state index contributed by atoms with van der Waals surface area (Å²) in [6.45, 7) is 7.19. The van der Waals surface area contributed by atoms with Crippen molar-refractivity contribution in [2.24, 2.45) is 5.18 Å². The van der Waals surface area contributed by atoms with Crippen molar-refractivity contribution in [2.45, 2.75) is 51.2 Å². The van der Waals surface area contributed by atoms with Crippen LogP contribution in [0.2, 0.25) is 0 Å². The average molecular weight is 450 g/mol. The Morgan fingerprint density at radius 3 is 2.73 bits per heavy atom. The quantitative estimate of drug-likeness (QED) is 0.437. The molecule has 4 rings (SSSR count). The number of rotatable bonds is 8. The van der Waals surface area contributed by atoms with E-state index in [1.54, 1.807) is 12.1 Å². The van der Waals surface area contributed by atoms with E-state index in [1.807, 2.05) is 35.3 Å². The van der Waals surface area contributed by atoms with Gasteiger partial charge in [0.15, 0.2) is 11.5 Å². The topological polar surface area (TPSA) is 80.2 Å². The van der Waals surface area contributed by atoms with E-state index in [4.69, 9.17) is 9.47 Å². The summed E-state index contributed by atoms with van der Waals surface area (Å²) in [5.74, 6) is 0.913. The number of ether oxygens (including phenoxy) is 2. The van der Waals surface area contributed by atoms with Crippen molar-refractivity contribution in [3.8, 4) is 11.5 Å². The molecule has 1 atom stereocenters. The molecule has 7 nitrogen and oxygen atoms in total. The minimum absolute atomic E-state index is 0.0479. The fourth-order valence-electron chi connectivity index (χ4n) is 4.87. The number of amides is 1. The Labute approximate surface area is 194 Å². The Morgan fingerprint density at radius 1 is 1.21 bits per heavy atom. The molecular formula is C26H31N3O4. The van der Waals surface area contributed by atoms with Gasteiger partial charge in [0.1, 0.15) is 12.2 Å². The summed E-state index contributed by atoms with van der Waals surface area (Å²) >= 11 is 0. The van der Waals surface area contributed by atoms with E-state index >= 15 is 0 Å². The van der Waals surface area contributed by atoms with Crippen LogP contribution < -0.4 is 19.7 Å². The van der Waals surface area contributed by atoms with Gasteiger partial charge in [-0.05, 0) is 55.3 Å². The number of benzene rings is 2. The summed E-state index contributed by atoms with van der Waals surface area (Å²) in [6, 6.07) is 11.3. The normalized spacial score (nSPS) is 19.6. The van der Waals surface area contributed by atoms with Gasteiger partial charge in [-0.25, -0.2) is 0 Å². The van der Waals surface area contributed by atoms with Crippen LogP contribution in [0.15, 0.2) is 47.7 Å². The van der Waals surface area contributed by atoms with E-state index in [1.165, 1.54) is 7.11 Å². The van der Waals surface area contributed by atoms with Crippen molar-refractivity contribution < 1.29 is 14.3 Å². The van der Waals surface area contributed by atoms with E-state index in [-0.39, 0.29) is 18.1 Å². The van der Waals surface area contributed by atoms with Gasteiger partial charge in [-0.2, -0.15) is 0 Å².